The maximum atomic E-state index is 13.9. The lowest BCUT2D eigenvalue weighted by atomic mass is 10.1. The molecule has 0 aliphatic carbocycles. The third-order valence-corrected chi connectivity index (χ3v) is 4.21. The fourth-order valence-corrected chi connectivity index (χ4v) is 2.95. The van der Waals surface area contributed by atoms with Crippen LogP contribution in [0, 0.1) is 13.8 Å². The third kappa shape index (κ3) is 3.24. The van der Waals surface area contributed by atoms with Crippen molar-refractivity contribution in [2.24, 2.45) is 5.73 Å². The standard InChI is InChI=1S/C14H19FN6O2/c1-8-12(9(2)23-18-8)6-20-4-10(15)3-11(20)5-21-7-13(14(16)22)17-19-21/h7,10-11H,3-6H2,1-2H3,(H2,16,22). The maximum absolute atomic E-state index is 13.9. The normalized spacial score (nSPS) is 21.9. The van der Waals surface area contributed by atoms with Gasteiger partial charge in [0.05, 0.1) is 18.4 Å². The van der Waals surface area contributed by atoms with Crippen LogP contribution in [0.5, 0.6) is 0 Å². The predicted molar refractivity (Wildman–Crippen MR) is 78.2 cm³/mol. The van der Waals surface area contributed by atoms with Gasteiger partial charge in [0, 0.05) is 24.7 Å². The lowest BCUT2D eigenvalue weighted by molar-refractivity contribution is 0.0995. The van der Waals surface area contributed by atoms with Crippen molar-refractivity contribution < 1.29 is 13.7 Å². The van der Waals surface area contributed by atoms with Crippen molar-refractivity contribution in [3.8, 4) is 0 Å². The molecule has 2 aromatic rings. The molecule has 0 bridgehead atoms. The van der Waals surface area contributed by atoms with Gasteiger partial charge in [0.1, 0.15) is 11.9 Å². The maximum Gasteiger partial charge on any atom is 0.270 e. The highest BCUT2D eigenvalue weighted by atomic mass is 19.1. The average Bonchev–Trinajstić information content (AvgIpc) is 3.16. The number of primary amides is 1. The fourth-order valence-electron chi connectivity index (χ4n) is 2.95. The van der Waals surface area contributed by atoms with Crippen molar-refractivity contribution in [1.29, 1.82) is 0 Å². The van der Waals surface area contributed by atoms with Crippen molar-refractivity contribution in [1.82, 2.24) is 25.1 Å². The van der Waals surface area contributed by atoms with E-state index in [9.17, 15) is 9.18 Å². The van der Waals surface area contributed by atoms with Crippen molar-refractivity contribution in [2.45, 2.75) is 45.6 Å². The van der Waals surface area contributed by atoms with E-state index in [1.165, 1.54) is 10.9 Å². The molecule has 2 unspecified atom stereocenters. The summed E-state index contributed by atoms with van der Waals surface area (Å²) in [6.45, 7) is 5.10. The van der Waals surface area contributed by atoms with Crippen LogP contribution >= 0.6 is 0 Å². The topological polar surface area (TPSA) is 103 Å². The molecule has 1 amide bonds. The Hall–Kier alpha value is -2.29. The molecule has 0 spiro atoms. The zero-order valence-electron chi connectivity index (χ0n) is 13.1. The van der Waals surface area contributed by atoms with Gasteiger partial charge < -0.3 is 10.3 Å². The summed E-state index contributed by atoms with van der Waals surface area (Å²) < 4.78 is 20.6. The molecule has 2 atom stereocenters. The van der Waals surface area contributed by atoms with Crippen LogP contribution in [0.15, 0.2) is 10.7 Å². The van der Waals surface area contributed by atoms with E-state index in [0.29, 0.717) is 26.1 Å². The number of aromatic nitrogens is 4. The molecule has 0 saturated carbocycles. The molecule has 0 radical (unpaired) electrons. The molecule has 23 heavy (non-hydrogen) atoms. The molecule has 1 fully saturated rings. The number of nitrogens with two attached hydrogens (primary N) is 1. The number of aryl methyl sites for hydroxylation is 2. The first kappa shape index (κ1) is 15.6. The molecule has 2 N–H and O–H groups in total. The van der Waals surface area contributed by atoms with E-state index in [4.69, 9.17) is 10.3 Å². The van der Waals surface area contributed by atoms with E-state index in [-0.39, 0.29) is 11.7 Å². The van der Waals surface area contributed by atoms with Gasteiger partial charge in [-0.2, -0.15) is 0 Å². The van der Waals surface area contributed by atoms with Crippen LogP contribution in [0.4, 0.5) is 4.39 Å². The van der Waals surface area contributed by atoms with Gasteiger partial charge in [0.2, 0.25) is 0 Å². The summed E-state index contributed by atoms with van der Waals surface area (Å²) in [5.74, 6) is 0.124. The molecule has 3 rings (SSSR count). The summed E-state index contributed by atoms with van der Waals surface area (Å²) in [7, 11) is 0. The fraction of sp³-hybridized carbons (Fsp3) is 0.571. The summed E-state index contributed by atoms with van der Waals surface area (Å²) in [5, 5.41) is 11.5. The molecule has 3 heterocycles. The molecule has 1 aliphatic heterocycles. The Labute approximate surface area is 132 Å². The highest BCUT2D eigenvalue weighted by molar-refractivity contribution is 5.90. The second kappa shape index (κ2) is 6.07. The first-order valence-corrected chi connectivity index (χ1v) is 7.44. The summed E-state index contributed by atoms with van der Waals surface area (Å²) in [6, 6.07) is -0.0406. The Balaban J connectivity index is 1.73. The van der Waals surface area contributed by atoms with Gasteiger partial charge in [0.25, 0.3) is 5.91 Å². The van der Waals surface area contributed by atoms with Crippen LogP contribution in [-0.2, 0) is 13.1 Å². The average molecular weight is 322 g/mol. The molecule has 0 aromatic carbocycles. The van der Waals surface area contributed by atoms with Crippen molar-refractivity contribution in [3.05, 3.63) is 28.9 Å². The number of halogens is 1. The quantitative estimate of drug-likeness (QED) is 0.864. The molecule has 9 heteroatoms. The van der Waals surface area contributed by atoms with Crippen molar-refractivity contribution >= 4 is 5.91 Å². The van der Waals surface area contributed by atoms with E-state index in [1.807, 2.05) is 18.7 Å². The SMILES string of the molecule is Cc1noc(C)c1CN1CC(F)CC1Cn1cc(C(N)=O)nn1. The minimum atomic E-state index is -0.889. The molecule has 2 aromatic heterocycles. The van der Waals surface area contributed by atoms with Gasteiger partial charge in [-0.15, -0.1) is 5.10 Å². The Morgan fingerprint density at radius 2 is 2.30 bits per heavy atom. The summed E-state index contributed by atoms with van der Waals surface area (Å²) >= 11 is 0. The Morgan fingerprint density at radius 1 is 1.52 bits per heavy atom. The summed E-state index contributed by atoms with van der Waals surface area (Å²) in [4.78, 5) is 13.1. The van der Waals surface area contributed by atoms with E-state index in [0.717, 1.165) is 17.0 Å². The number of likely N-dealkylation sites (tertiary alicyclic amines) is 1. The third-order valence-electron chi connectivity index (χ3n) is 4.21. The van der Waals surface area contributed by atoms with Gasteiger partial charge in [0.15, 0.2) is 5.69 Å². The summed E-state index contributed by atoms with van der Waals surface area (Å²) in [6.07, 6.45) is 1.01. The second-order valence-electron chi connectivity index (χ2n) is 5.91. The van der Waals surface area contributed by atoms with Gasteiger partial charge in [-0.1, -0.05) is 10.4 Å². The molecule has 124 valence electrons. The first-order valence-electron chi connectivity index (χ1n) is 7.44. The van der Waals surface area contributed by atoms with Crippen LogP contribution in [0.25, 0.3) is 0 Å². The molecule has 1 saturated heterocycles. The van der Waals surface area contributed by atoms with Crippen LogP contribution in [0.2, 0.25) is 0 Å². The predicted octanol–water partition coefficient (Wildman–Crippen LogP) is 0.594. The van der Waals surface area contributed by atoms with Gasteiger partial charge in [-0.25, -0.2) is 4.39 Å². The Kier molecular flexibility index (Phi) is 4.12. The van der Waals surface area contributed by atoms with Gasteiger partial charge in [-0.05, 0) is 20.3 Å². The highest BCUT2D eigenvalue weighted by Crippen LogP contribution is 2.26. The smallest absolute Gasteiger partial charge is 0.270 e. The molecular weight excluding hydrogens is 303 g/mol. The second-order valence-corrected chi connectivity index (χ2v) is 5.91. The van der Waals surface area contributed by atoms with E-state index >= 15 is 0 Å². The largest absolute Gasteiger partial charge is 0.364 e. The number of rotatable bonds is 5. The zero-order chi connectivity index (χ0) is 16.6. The number of amides is 1. The van der Waals surface area contributed by atoms with E-state index in [2.05, 4.69) is 15.5 Å². The minimum absolute atomic E-state index is 0.0406. The highest BCUT2D eigenvalue weighted by Gasteiger charge is 2.33. The van der Waals surface area contributed by atoms with E-state index in [1.54, 1.807) is 0 Å². The Bertz CT molecular complexity index is 692. The minimum Gasteiger partial charge on any atom is -0.364 e. The number of carbonyl (C=O) groups excluding carboxylic acids is 1. The number of carbonyl (C=O) groups is 1. The van der Waals surface area contributed by atoms with Crippen molar-refractivity contribution in [2.75, 3.05) is 6.54 Å². The summed E-state index contributed by atoms with van der Waals surface area (Å²) in [5.41, 5.74) is 7.08. The monoisotopic (exact) mass is 322 g/mol. The van der Waals surface area contributed by atoms with Crippen LogP contribution < -0.4 is 5.73 Å². The lowest BCUT2D eigenvalue weighted by Crippen LogP contribution is -2.33. The number of alkyl halides is 1. The van der Waals surface area contributed by atoms with Gasteiger partial charge >= 0.3 is 0 Å². The lowest BCUT2D eigenvalue weighted by Gasteiger charge is -2.23. The Morgan fingerprint density at radius 3 is 2.91 bits per heavy atom. The van der Waals surface area contributed by atoms with E-state index < -0.39 is 12.1 Å². The van der Waals surface area contributed by atoms with Crippen molar-refractivity contribution in [3.63, 3.8) is 0 Å². The molecular formula is C14H19FN6O2. The van der Waals surface area contributed by atoms with Gasteiger partial charge in [-0.3, -0.25) is 14.4 Å². The van der Waals surface area contributed by atoms with Crippen LogP contribution in [0.3, 0.4) is 0 Å². The number of nitrogens with zero attached hydrogens (tertiary/aromatic N) is 5. The molecule has 8 nitrogen and oxygen atoms in total. The number of hydrogen-bond donors (Lipinski definition) is 1. The van der Waals surface area contributed by atoms with Crippen LogP contribution in [0.1, 0.15) is 33.9 Å². The number of hydrogen-bond acceptors (Lipinski definition) is 6. The van der Waals surface area contributed by atoms with Crippen LogP contribution in [-0.4, -0.2) is 49.7 Å². The molecule has 1 aliphatic rings. The first-order chi connectivity index (χ1) is 10.9. The zero-order valence-corrected chi connectivity index (χ0v) is 13.1.